The van der Waals surface area contributed by atoms with Gasteiger partial charge in [0.15, 0.2) is 0 Å². The van der Waals surface area contributed by atoms with Gasteiger partial charge >= 0.3 is 0 Å². The van der Waals surface area contributed by atoms with Crippen molar-refractivity contribution in [3.05, 3.63) is 0 Å². The second-order valence-corrected chi connectivity index (χ2v) is 4.13. The summed E-state index contributed by atoms with van der Waals surface area (Å²) in [6.45, 7) is 1.95. The molecule has 4 atom stereocenters. The molecule has 3 unspecified atom stereocenters. The van der Waals surface area contributed by atoms with E-state index in [4.69, 9.17) is 9.84 Å². The Bertz CT molecular complexity index is 176. The fourth-order valence-electron chi connectivity index (χ4n) is 1.64. The van der Waals surface area contributed by atoms with Crippen LogP contribution in [0.4, 0.5) is 0 Å². The molecule has 1 aliphatic heterocycles. The molecule has 0 amide bonds. The average molecular weight is 188 g/mol. The highest BCUT2D eigenvalue weighted by atomic mass is 16.5. The molecule has 5 heteroatoms. The van der Waals surface area contributed by atoms with Crippen LogP contribution in [0.5, 0.6) is 0 Å². The Hall–Kier alpha value is -0.0951. The molecule has 1 fully saturated rings. The Labute approximate surface area is 78.9 Å². The summed E-state index contributed by atoms with van der Waals surface area (Å²) < 4.78 is 5.15. The van der Waals surface area contributed by atoms with Crippen LogP contribution in [0.25, 0.3) is 0 Å². The third-order valence-electron chi connectivity index (χ3n) is 2.75. The van der Waals surface area contributed by atoms with Gasteiger partial charge in [0.25, 0.3) is 0 Å². The van der Waals surface area contributed by atoms with Crippen molar-refractivity contribution in [2.75, 3.05) is 19.8 Å². The maximum atomic E-state index is 9.77. The zero-order chi connectivity index (χ0) is 10.1. The van der Waals surface area contributed by atoms with Crippen molar-refractivity contribution in [3.8, 4) is 0 Å². The molecular weight excluding hydrogens is 171 g/mol. The monoisotopic (exact) mass is 188 g/mol. The van der Waals surface area contributed by atoms with E-state index in [1.54, 1.807) is 0 Å². The molecule has 4 nitrogen and oxygen atoms in total. The summed E-state index contributed by atoms with van der Waals surface area (Å²) in [4.78, 5) is 0. The maximum absolute atomic E-state index is 9.77. The molecule has 0 saturated carbocycles. The number of hydrogen-bond acceptors (Lipinski definition) is 4. The Morgan fingerprint density at radius 3 is 2.77 bits per heavy atom. The number of aliphatic hydroxyl groups is 3. The topological polar surface area (TPSA) is 69.9 Å². The zero-order valence-electron chi connectivity index (χ0n) is 8.10. The van der Waals surface area contributed by atoms with Gasteiger partial charge in [-0.1, -0.05) is 12.7 Å². The van der Waals surface area contributed by atoms with E-state index in [1.807, 2.05) is 14.8 Å². The van der Waals surface area contributed by atoms with Crippen LogP contribution in [0.15, 0.2) is 0 Å². The van der Waals surface area contributed by atoms with E-state index < -0.39 is 18.3 Å². The standard InChI is InChI=1S/C8H17BO4/c1-5(9)6-2-13-4-8(12,3-10)7(6)11/h5-7,10-12H,2-4,9H2,1H3/t5-,6?,7?,8?/m1/s1. The number of aliphatic hydroxyl groups excluding tert-OH is 2. The van der Waals surface area contributed by atoms with Crippen molar-refractivity contribution in [3.63, 3.8) is 0 Å². The Kier molecular flexibility index (Phi) is 3.35. The van der Waals surface area contributed by atoms with E-state index >= 15 is 0 Å². The summed E-state index contributed by atoms with van der Waals surface area (Å²) in [5.74, 6) is 0.124. The van der Waals surface area contributed by atoms with Gasteiger partial charge in [-0.05, 0) is 0 Å². The predicted octanol–water partition coefficient (Wildman–Crippen LogP) is -1.84. The molecule has 1 heterocycles. The fourth-order valence-corrected chi connectivity index (χ4v) is 1.64. The van der Waals surface area contributed by atoms with Gasteiger partial charge in [-0.15, -0.1) is 0 Å². The zero-order valence-corrected chi connectivity index (χ0v) is 8.10. The van der Waals surface area contributed by atoms with E-state index in [2.05, 4.69) is 0 Å². The van der Waals surface area contributed by atoms with Crippen LogP contribution < -0.4 is 0 Å². The van der Waals surface area contributed by atoms with Gasteiger partial charge in [-0.25, -0.2) is 0 Å². The molecule has 1 saturated heterocycles. The lowest BCUT2D eigenvalue weighted by atomic mass is 9.71. The highest BCUT2D eigenvalue weighted by molar-refractivity contribution is 6.11. The summed E-state index contributed by atoms with van der Waals surface area (Å²) in [7, 11) is 1.96. The minimum absolute atomic E-state index is 0.00782. The van der Waals surface area contributed by atoms with Crippen LogP contribution in [0.2, 0.25) is 5.82 Å². The number of hydrogen-bond donors (Lipinski definition) is 3. The maximum Gasteiger partial charge on any atom is 0.137 e. The first-order valence-corrected chi connectivity index (χ1v) is 4.60. The molecule has 13 heavy (non-hydrogen) atoms. The molecule has 76 valence electrons. The Morgan fingerprint density at radius 2 is 2.31 bits per heavy atom. The second kappa shape index (κ2) is 3.96. The average Bonchev–Trinajstić information content (AvgIpc) is 2.09. The normalized spacial score (nSPS) is 43.1. The lowest BCUT2D eigenvalue weighted by Crippen LogP contribution is -2.58. The first-order valence-electron chi connectivity index (χ1n) is 4.60. The highest BCUT2D eigenvalue weighted by Crippen LogP contribution is 2.30. The van der Waals surface area contributed by atoms with E-state index in [0.29, 0.717) is 6.61 Å². The molecule has 0 aromatic carbocycles. The highest BCUT2D eigenvalue weighted by Gasteiger charge is 2.44. The molecule has 3 N–H and O–H groups in total. The molecule has 1 aliphatic rings. The quantitative estimate of drug-likeness (QED) is 0.445. The molecule has 1 rings (SSSR count). The van der Waals surface area contributed by atoms with E-state index in [9.17, 15) is 10.2 Å². The Balaban J connectivity index is 2.71. The molecule has 0 aliphatic carbocycles. The molecule has 0 bridgehead atoms. The lowest BCUT2D eigenvalue weighted by Gasteiger charge is -2.42. The van der Waals surface area contributed by atoms with Crippen LogP contribution in [0.1, 0.15) is 6.92 Å². The fraction of sp³-hybridized carbons (Fsp3) is 1.00. The van der Waals surface area contributed by atoms with Gasteiger partial charge < -0.3 is 20.1 Å². The Morgan fingerprint density at radius 1 is 1.69 bits per heavy atom. The smallest absolute Gasteiger partial charge is 0.137 e. The first kappa shape index (κ1) is 11.0. The largest absolute Gasteiger partial charge is 0.393 e. The van der Waals surface area contributed by atoms with Crippen molar-refractivity contribution in [1.82, 2.24) is 0 Å². The number of ether oxygens (including phenoxy) is 1. The van der Waals surface area contributed by atoms with Crippen LogP contribution >= 0.6 is 0 Å². The molecule has 0 radical (unpaired) electrons. The lowest BCUT2D eigenvalue weighted by molar-refractivity contribution is -0.201. The minimum Gasteiger partial charge on any atom is -0.393 e. The third-order valence-corrected chi connectivity index (χ3v) is 2.75. The SMILES string of the molecule is B[C@H](C)C1COCC(O)(CO)C1O. The third kappa shape index (κ3) is 2.04. The summed E-state index contributed by atoms with van der Waals surface area (Å²) in [5, 5.41) is 28.4. The number of rotatable bonds is 2. The molecule has 0 aromatic heterocycles. The van der Waals surface area contributed by atoms with Crippen LogP contribution in [0.3, 0.4) is 0 Å². The van der Waals surface area contributed by atoms with Crippen molar-refractivity contribution in [2.45, 2.75) is 24.4 Å². The van der Waals surface area contributed by atoms with E-state index in [1.165, 1.54) is 0 Å². The summed E-state index contributed by atoms with van der Waals surface area (Å²) in [5.41, 5.74) is -1.48. The summed E-state index contributed by atoms with van der Waals surface area (Å²) in [6.07, 6.45) is -0.897. The van der Waals surface area contributed by atoms with E-state index in [0.717, 1.165) is 0 Å². The second-order valence-electron chi connectivity index (χ2n) is 4.13. The van der Waals surface area contributed by atoms with Gasteiger partial charge in [0.05, 0.1) is 25.9 Å². The van der Waals surface area contributed by atoms with E-state index in [-0.39, 0.29) is 18.3 Å². The summed E-state index contributed by atoms with van der Waals surface area (Å²) >= 11 is 0. The van der Waals surface area contributed by atoms with Gasteiger partial charge in [-0.2, -0.15) is 0 Å². The van der Waals surface area contributed by atoms with Crippen molar-refractivity contribution >= 4 is 7.85 Å². The van der Waals surface area contributed by atoms with Crippen LogP contribution in [-0.2, 0) is 4.74 Å². The van der Waals surface area contributed by atoms with Gasteiger partial charge in [-0.3, -0.25) is 0 Å². The van der Waals surface area contributed by atoms with Gasteiger partial charge in [0.2, 0.25) is 0 Å². The van der Waals surface area contributed by atoms with Crippen LogP contribution in [-0.4, -0.2) is 54.7 Å². The minimum atomic E-state index is -1.48. The molecular formula is C8H17BO4. The predicted molar refractivity (Wildman–Crippen MR) is 50.3 cm³/mol. The van der Waals surface area contributed by atoms with Gasteiger partial charge in [0.1, 0.15) is 13.4 Å². The van der Waals surface area contributed by atoms with Crippen molar-refractivity contribution in [1.29, 1.82) is 0 Å². The van der Waals surface area contributed by atoms with Crippen molar-refractivity contribution in [2.24, 2.45) is 5.92 Å². The van der Waals surface area contributed by atoms with Crippen LogP contribution in [0, 0.1) is 5.92 Å². The van der Waals surface area contributed by atoms with Gasteiger partial charge in [0, 0.05) is 5.92 Å². The van der Waals surface area contributed by atoms with Crippen molar-refractivity contribution < 1.29 is 20.1 Å². The first-order chi connectivity index (χ1) is 6.01. The summed E-state index contributed by atoms with van der Waals surface area (Å²) in [6, 6.07) is 0. The molecule has 0 aromatic rings. The molecule has 0 spiro atoms.